The van der Waals surface area contributed by atoms with E-state index in [2.05, 4.69) is 5.32 Å². The van der Waals surface area contributed by atoms with Gasteiger partial charge in [-0.15, -0.1) is 0 Å². The van der Waals surface area contributed by atoms with Gasteiger partial charge in [-0.05, 0) is 6.92 Å². The molecule has 0 bridgehead atoms. The molecule has 2 N–H and O–H groups in total. The Morgan fingerprint density at radius 3 is 2.79 bits per heavy atom. The van der Waals surface area contributed by atoms with Gasteiger partial charge in [0.15, 0.2) is 6.29 Å². The molecule has 0 aromatic heterocycles. The molecule has 5 heteroatoms. The van der Waals surface area contributed by atoms with E-state index in [0.29, 0.717) is 6.42 Å². The van der Waals surface area contributed by atoms with E-state index in [4.69, 9.17) is 9.47 Å². The first-order chi connectivity index (χ1) is 6.54. The van der Waals surface area contributed by atoms with E-state index in [1.165, 1.54) is 6.92 Å². The van der Waals surface area contributed by atoms with Crippen LogP contribution in [0.25, 0.3) is 0 Å². The van der Waals surface area contributed by atoms with Gasteiger partial charge >= 0.3 is 0 Å². The van der Waals surface area contributed by atoms with Crippen LogP contribution < -0.4 is 5.32 Å². The van der Waals surface area contributed by atoms with Crippen LogP contribution in [0.1, 0.15) is 20.3 Å². The summed E-state index contributed by atoms with van der Waals surface area (Å²) in [6.45, 7) is 3.25. The molecular formula is C9H17NO4. The molecule has 1 fully saturated rings. The van der Waals surface area contributed by atoms with Crippen molar-refractivity contribution in [2.75, 3.05) is 7.11 Å². The maximum atomic E-state index is 10.9. The van der Waals surface area contributed by atoms with Crippen LogP contribution in [-0.4, -0.2) is 42.7 Å². The monoisotopic (exact) mass is 203 g/mol. The Morgan fingerprint density at radius 2 is 2.29 bits per heavy atom. The molecule has 0 aromatic rings. The molecule has 14 heavy (non-hydrogen) atoms. The molecule has 82 valence electrons. The minimum absolute atomic E-state index is 0.121. The van der Waals surface area contributed by atoms with Crippen LogP contribution in [-0.2, 0) is 14.3 Å². The van der Waals surface area contributed by atoms with Crippen molar-refractivity contribution in [1.29, 1.82) is 0 Å². The van der Waals surface area contributed by atoms with Gasteiger partial charge in [-0.25, -0.2) is 0 Å². The fraction of sp³-hybridized carbons (Fsp3) is 0.889. The Labute approximate surface area is 83.4 Å². The Hall–Kier alpha value is -0.650. The highest BCUT2D eigenvalue weighted by Gasteiger charge is 2.36. The summed E-state index contributed by atoms with van der Waals surface area (Å²) in [6.07, 6.45) is -0.864. The lowest BCUT2D eigenvalue weighted by atomic mass is 9.99. The normalized spacial score (nSPS) is 38.0. The highest BCUT2D eigenvalue weighted by atomic mass is 16.6. The molecule has 0 radical (unpaired) electrons. The second-order valence-corrected chi connectivity index (χ2v) is 3.53. The van der Waals surface area contributed by atoms with Gasteiger partial charge in [0.2, 0.25) is 5.91 Å². The van der Waals surface area contributed by atoms with Crippen LogP contribution in [0.3, 0.4) is 0 Å². The Kier molecular flexibility index (Phi) is 3.86. The van der Waals surface area contributed by atoms with Gasteiger partial charge in [0.05, 0.1) is 18.2 Å². The Bertz CT molecular complexity index is 209. The van der Waals surface area contributed by atoms with E-state index in [9.17, 15) is 9.90 Å². The first-order valence-electron chi connectivity index (χ1n) is 4.68. The number of rotatable bonds is 2. The minimum atomic E-state index is -0.806. The van der Waals surface area contributed by atoms with Crippen LogP contribution in [0.5, 0.6) is 0 Å². The van der Waals surface area contributed by atoms with Crippen LogP contribution in [0.15, 0.2) is 0 Å². The standard InChI is InChI=1S/C9H17NO4/c1-5-9(10-6(2)11)7(13-3)4-8(12)14-5/h5,7-9,12H,4H2,1-3H3,(H,10,11)/t5-,7+,8-,9-/m1/s1. The Morgan fingerprint density at radius 1 is 1.64 bits per heavy atom. The van der Waals surface area contributed by atoms with Crippen LogP contribution >= 0.6 is 0 Å². The van der Waals surface area contributed by atoms with Crippen LogP contribution in [0.2, 0.25) is 0 Å². The number of ether oxygens (including phenoxy) is 2. The number of hydrogen-bond donors (Lipinski definition) is 2. The zero-order valence-electron chi connectivity index (χ0n) is 8.69. The van der Waals surface area contributed by atoms with Gasteiger partial charge in [0.1, 0.15) is 0 Å². The lowest BCUT2D eigenvalue weighted by Crippen LogP contribution is -2.56. The van der Waals surface area contributed by atoms with Gasteiger partial charge < -0.3 is 19.9 Å². The van der Waals surface area contributed by atoms with E-state index in [-0.39, 0.29) is 24.2 Å². The lowest BCUT2D eigenvalue weighted by molar-refractivity contribution is -0.201. The third kappa shape index (κ3) is 2.67. The molecule has 0 unspecified atom stereocenters. The maximum Gasteiger partial charge on any atom is 0.217 e. The molecule has 1 aliphatic heterocycles. The minimum Gasteiger partial charge on any atom is -0.379 e. The van der Waals surface area contributed by atoms with E-state index in [1.807, 2.05) is 0 Å². The smallest absolute Gasteiger partial charge is 0.217 e. The first kappa shape index (κ1) is 11.4. The van der Waals surface area contributed by atoms with Crippen LogP contribution in [0.4, 0.5) is 0 Å². The third-order valence-electron chi connectivity index (χ3n) is 2.38. The van der Waals surface area contributed by atoms with E-state index in [1.54, 1.807) is 14.0 Å². The predicted molar refractivity (Wildman–Crippen MR) is 49.6 cm³/mol. The van der Waals surface area contributed by atoms with Crippen molar-refractivity contribution in [1.82, 2.24) is 5.32 Å². The van der Waals surface area contributed by atoms with Crippen molar-refractivity contribution in [3.63, 3.8) is 0 Å². The summed E-state index contributed by atoms with van der Waals surface area (Å²) in [5.74, 6) is -0.121. The quantitative estimate of drug-likeness (QED) is 0.642. The molecule has 0 aromatic carbocycles. The largest absolute Gasteiger partial charge is 0.379 e. The van der Waals surface area contributed by atoms with Gasteiger partial charge in [0, 0.05) is 20.5 Å². The van der Waals surface area contributed by atoms with Crippen LogP contribution in [0, 0.1) is 0 Å². The van der Waals surface area contributed by atoms with Gasteiger partial charge in [-0.3, -0.25) is 4.79 Å². The van der Waals surface area contributed by atoms with Crippen molar-refractivity contribution in [2.45, 2.75) is 44.8 Å². The molecule has 4 atom stereocenters. The molecule has 0 aliphatic carbocycles. The van der Waals surface area contributed by atoms with Crippen molar-refractivity contribution in [3.8, 4) is 0 Å². The predicted octanol–water partition coefficient (Wildman–Crippen LogP) is -0.367. The van der Waals surface area contributed by atoms with Crippen molar-refractivity contribution in [3.05, 3.63) is 0 Å². The molecule has 1 amide bonds. The molecule has 1 saturated heterocycles. The first-order valence-corrected chi connectivity index (χ1v) is 4.68. The molecular weight excluding hydrogens is 186 g/mol. The van der Waals surface area contributed by atoms with Gasteiger partial charge in [0.25, 0.3) is 0 Å². The maximum absolute atomic E-state index is 10.9. The molecule has 1 heterocycles. The van der Waals surface area contributed by atoms with Gasteiger partial charge in [-0.1, -0.05) is 0 Å². The van der Waals surface area contributed by atoms with E-state index >= 15 is 0 Å². The molecule has 0 saturated carbocycles. The number of carbonyl (C=O) groups is 1. The summed E-state index contributed by atoms with van der Waals surface area (Å²) in [6, 6.07) is -0.194. The number of methoxy groups -OCH3 is 1. The lowest BCUT2D eigenvalue weighted by Gasteiger charge is -2.38. The number of aliphatic hydroxyl groups is 1. The summed E-state index contributed by atoms with van der Waals surface area (Å²) >= 11 is 0. The summed E-state index contributed by atoms with van der Waals surface area (Å²) in [7, 11) is 1.56. The summed E-state index contributed by atoms with van der Waals surface area (Å²) in [4.78, 5) is 10.9. The summed E-state index contributed by atoms with van der Waals surface area (Å²) in [5, 5.41) is 12.1. The molecule has 1 aliphatic rings. The van der Waals surface area contributed by atoms with Crippen molar-refractivity contribution < 1.29 is 19.4 Å². The number of aliphatic hydroxyl groups excluding tert-OH is 1. The number of amides is 1. The average Bonchev–Trinajstić information content (AvgIpc) is 2.08. The van der Waals surface area contributed by atoms with Crippen molar-refractivity contribution >= 4 is 5.91 Å². The van der Waals surface area contributed by atoms with Crippen molar-refractivity contribution in [2.24, 2.45) is 0 Å². The number of nitrogens with one attached hydrogen (secondary N) is 1. The highest BCUT2D eigenvalue weighted by Crippen LogP contribution is 2.20. The third-order valence-corrected chi connectivity index (χ3v) is 2.38. The summed E-state index contributed by atoms with van der Waals surface area (Å²) < 4.78 is 10.4. The average molecular weight is 203 g/mol. The molecule has 0 spiro atoms. The zero-order valence-corrected chi connectivity index (χ0v) is 8.69. The topological polar surface area (TPSA) is 67.8 Å². The number of hydrogen-bond acceptors (Lipinski definition) is 4. The second kappa shape index (κ2) is 4.72. The molecule has 5 nitrogen and oxygen atoms in total. The number of carbonyl (C=O) groups excluding carboxylic acids is 1. The fourth-order valence-corrected chi connectivity index (χ4v) is 1.72. The zero-order chi connectivity index (χ0) is 10.7. The highest BCUT2D eigenvalue weighted by molar-refractivity contribution is 5.73. The molecule has 1 rings (SSSR count). The fourth-order valence-electron chi connectivity index (χ4n) is 1.72. The van der Waals surface area contributed by atoms with E-state index < -0.39 is 6.29 Å². The second-order valence-electron chi connectivity index (χ2n) is 3.53. The van der Waals surface area contributed by atoms with E-state index in [0.717, 1.165) is 0 Å². The Balaban J connectivity index is 2.63. The SMILES string of the molecule is CO[C@H]1C[C@H](O)O[C@H](C)[C@H]1NC(C)=O. The summed E-state index contributed by atoms with van der Waals surface area (Å²) in [5.41, 5.74) is 0. The van der Waals surface area contributed by atoms with Gasteiger partial charge in [-0.2, -0.15) is 0 Å².